The van der Waals surface area contributed by atoms with E-state index in [1.165, 1.54) is 23.0 Å². The highest BCUT2D eigenvalue weighted by Crippen LogP contribution is 2.30. The Hall–Kier alpha value is -3.50. The van der Waals surface area contributed by atoms with E-state index < -0.39 is 30.0 Å². The molecule has 0 bridgehead atoms. The number of hydrogen-bond donors (Lipinski definition) is 2. The van der Waals surface area contributed by atoms with Crippen molar-refractivity contribution < 1.29 is 23.2 Å². The van der Waals surface area contributed by atoms with Gasteiger partial charge in [-0.05, 0) is 31.6 Å². The fourth-order valence-electron chi connectivity index (χ4n) is 4.21. The summed E-state index contributed by atoms with van der Waals surface area (Å²) in [5.74, 6) is -1.36. The highest BCUT2D eigenvalue weighted by molar-refractivity contribution is 6.07. The number of aryl methyl sites for hydroxylation is 1. The summed E-state index contributed by atoms with van der Waals surface area (Å²) in [6.45, 7) is 5.92. The van der Waals surface area contributed by atoms with Crippen LogP contribution in [0.4, 0.5) is 13.6 Å². The normalized spacial score (nSPS) is 24.1. The first-order chi connectivity index (χ1) is 15.7. The predicted octanol–water partition coefficient (Wildman–Crippen LogP) is 1.66. The van der Waals surface area contributed by atoms with Crippen LogP contribution in [0.25, 0.3) is 0 Å². The minimum atomic E-state index is -1.35. The first-order valence-electron chi connectivity index (χ1n) is 10.6. The number of aromatic nitrogens is 2. The van der Waals surface area contributed by atoms with Crippen molar-refractivity contribution in [3.8, 4) is 0 Å². The summed E-state index contributed by atoms with van der Waals surface area (Å²) >= 11 is 0. The Balaban J connectivity index is 1.67. The van der Waals surface area contributed by atoms with E-state index in [4.69, 9.17) is 0 Å². The molecule has 0 aromatic carbocycles. The van der Waals surface area contributed by atoms with Gasteiger partial charge in [-0.2, -0.15) is 5.10 Å². The van der Waals surface area contributed by atoms with Crippen molar-refractivity contribution in [2.24, 2.45) is 7.05 Å². The Morgan fingerprint density at radius 3 is 2.70 bits per heavy atom. The Morgan fingerprint density at radius 1 is 1.39 bits per heavy atom. The Bertz CT molecular complexity index is 1000. The van der Waals surface area contributed by atoms with Crippen molar-refractivity contribution in [2.75, 3.05) is 26.3 Å². The molecule has 4 amide bonds. The molecule has 0 spiro atoms. The molecule has 3 heterocycles. The average molecular weight is 463 g/mol. The molecule has 3 rings (SSSR count). The number of nitrogens with one attached hydrogen (secondary N) is 2. The predicted molar refractivity (Wildman–Crippen MR) is 117 cm³/mol. The summed E-state index contributed by atoms with van der Waals surface area (Å²) in [5, 5.41) is 8.97. The van der Waals surface area contributed by atoms with Gasteiger partial charge >= 0.3 is 6.03 Å². The second-order valence-electron chi connectivity index (χ2n) is 8.12. The SMILES string of the molecule is C=C/C(=C\C(F)=C/CF)N1CCN(C(=O)CCC2(c3cnn(C)c3)NC(=O)NC2=O)C[C@@H]1C. The monoisotopic (exact) mass is 462 g/mol. The van der Waals surface area contributed by atoms with Gasteiger partial charge in [0.1, 0.15) is 18.0 Å². The number of allylic oxidation sites excluding steroid dienone is 4. The molecule has 2 atom stereocenters. The third kappa shape index (κ3) is 5.12. The third-order valence-corrected chi connectivity index (χ3v) is 5.93. The highest BCUT2D eigenvalue weighted by Gasteiger charge is 2.48. The van der Waals surface area contributed by atoms with Crippen LogP contribution in [-0.4, -0.2) is 69.8 Å². The Morgan fingerprint density at radius 2 is 2.15 bits per heavy atom. The molecule has 178 valence electrons. The maximum atomic E-state index is 13.7. The molecular formula is C22H28F2N6O3. The molecule has 11 heteroatoms. The number of imide groups is 1. The van der Waals surface area contributed by atoms with E-state index >= 15 is 0 Å². The van der Waals surface area contributed by atoms with Crippen molar-refractivity contribution in [1.82, 2.24) is 30.2 Å². The number of piperazine rings is 1. The van der Waals surface area contributed by atoms with Gasteiger partial charge in [0.15, 0.2) is 0 Å². The molecule has 2 saturated heterocycles. The van der Waals surface area contributed by atoms with Crippen molar-refractivity contribution in [2.45, 2.75) is 31.3 Å². The minimum absolute atomic E-state index is 0.0351. The molecule has 9 nitrogen and oxygen atoms in total. The van der Waals surface area contributed by atoms with Gasteiger partial charge in [0, 0.05) is 56.6 Å². The Kier molecular flexibility index (Phi) is 7.29. The minimum Gasteiger partial charge on any atom is -0.365 e. The molecule has 1 aromatic rings. The summed E-state index contributed by atoms with van der Waals surface area (Å²) in [4.78, 5) is 41.0. The van der Waals surface area contributed by atoms with Crippen LogP contribution in [0.1, 0.15) is 25.3 Å². The van der Waals surface area contributed by atoms with Crippen LogP contribution in [0.3, 0.4) is 0 Å². The van der Waals surface area contributed by atoms with Crippen molar-refractivity contribution in [3.05, 3.63) is 54.3 Å². The zero-order valence-electron chi connectivity index (χ0n) is 18.7. The maximum absolute atomic E-state index is 13.7. The molecule has 0 saturated carbocycles. The van der Waals surface area contributed by atoms with Gasteiger partial charge in [-0.25, -0.2) is 13.6 Å². The summed E-state index contributed by atoms with van der Waals surface area (Å²) in [7, 11) is 1.70. The highest BCUT2D eigenvalue weighted by atomic mass is 19.1. The lowest BCUT2D eigenvalue weighted by Crippen LogP contribution is -2.53. The van der Waals surface area contributed by atoms with Gasteiger partial charge in [0.25, 0.3) is 5.91 Å². The molecule has 33 heavy (non-hydrogen) atoms. The van der Waals surface area contributed by atoms with E-state index in [9.17, 15) is 23.2 Å². The standard InChI is InChI=1S/C22H28F2N6O3/c1-4-18(11-17(24)6-8-23)30-10-9-29(13-15(30)2)19(31)5-7-22(16-12-25-28(3)14-16)20(32)26-21(33)27-22/h4,6,11-12,14-15H,1,5,7-10,13H2,2-3H3,(H2,26,27,32,33)/b17-6+,18-11+/t15-,22?/m0/s1. The summed E-state index contributed by atoms with van der Waals surface area (Å²) in [5.41, 5.74) is -0.339. The van der Waals surface area contributed by atoms with Crippen LogP contribution in [-0.2, 0) is 22.2 Å². The number of hydrogen-bond acceptors (Lipinski definition) is 5. The molecule has 2 N–H and O–H groups in total. The summed E-state index contributed by atoms with van der Waals surface area (Å²) in [6, 6.07) is -0.747. The number of urea groups is 1. The van der Waals surface area contributed by atoms with Crippen LogP contribution >= 0.6 is 0 Å². The quantitative estimate of drug-likeness (QED) is 0.452. The number of halogens is 2. The van der Waals surface area contributed by atoms with Gasteiger partial charge in [0.2, 0.25) is 5.91 Å². The van der Waals surface area contributed by atoms with E-state index in [1.54, 1.807) is 18.1 Å². The topological polar surface area (TPSA) is 99.6 Å². The van der Waals surface area contributed by atoms with Crippen LogP contribution < -0.4 is 10.6 Å². The number of alkyl halides is 1. The van der Waals surface area contributed by atoms with E-state index in [0.29, 0.717) is 30.9 Å². The first kappa shape index (κ1) is 24.1. The fourth-order valence-corrected chi connectivity index (χ4v) is 4.21. The van der Waals surface area contributed by atoms with E-state index in [-0.39, 0.29) is 24.8 Å². The van der Waals surface area contributed by atoms with E-state index in [1.807, 2.05) is 11.8 Å². The lowest BCUT2D eigenvalue weighted by molar-refractivity contribution is -0.134. The molecule has 0 aliphatic carbocycles. The second-order valence-corrected chi connectivity index (χ2v) is 8.12. The van der Waals surface area contributed by atoms with Gasteiger partial charge in [0.05, 0.1) is 6.20 Å². The maximum Gasteiger partial charge on any atom is 0.322 e. The zero-order valence-corrected chi connectivity index (χ0v) is 18.7. The second kappa shape index (κ2) is 9.97. The van der Waals surface area contributed by atoms with E-state index in [2.05, 4.69) is 22.3 Å². The number of carbonyl (C=O) groups is 3. The van der Waals surface area contributed by atoms with Gasteiger partial charge < -0.3 is 15.1 Å². The number of amides is 4. The smallest absolute Gasteiger partial charge is 0.322 e. The van der Waals surface area contributed by atoms with Crippen LogP contribution in [0.5, 0.6) is 0 Å². The lowest BCUT2D eigenvalue weighted by atomic mass is 9.87. The molecule has 0 radical (unpaired) electrons. The molecule has 2 fully saturated rings. The lowest BCUT2D eigenvalue weighted by Gasteiger charge is -2.42. The van der Waals surface area contributed by atoms with Crippen molar-refractivity contribution in [3.63, 3.8) is 0 Å². The molecule has 1 unspecified atom stereocenters. The van der Waals surface area contributed by atoms with Crippen LogP contribution in [0.2, 0.25) is 0 Å². The fraction of sp³-hybridized carbons (Fsp3) is 0.455. The first-order valence-corrected chi connectivity index (χ1v) is 10.6. The van der Waals surface area contributed by atoms with Crippen LogP contribution in [0, 0.1) is 0 Å². The van der Waals surface area contributed by atoms with Crippen LogP contribution in [0.15, 0.2) is 48.7 Å². The number of carbonyl (C=O) groups excluding carboxylic acids is 3. The van der Waals surface area contributed by atoms with Gasteiger partial charge in [-0.3, -0.25) is 19.6 Å². The van der Waals surface area contributed by atoms with Gasteiger partial charge in [-0.1, -0.05) is 6.58 Å². The molecular weight excluding hydrogens is 434 g/mol. The van der Waals surface area contributed by atoms with Crippen molar-refractivity contribution >= 4 is 17.8 Å². The average Bonchev–Trinajstić information content (AvgIpc) is 3.33. The van der Waals surface area contributed by atoms with E-state index in [0.717, 1.165) is 6.08 Å². The zero-order chi connectivity index (χ0) is 24.2. The Labute approximate surface area is 190 Å². The van der Waals surface area contributed by atoms with Gasteiger partial charge in [-0.15, -0.1) is 0 Å². The summed E-state index contributed by atoms with van der Waals surface area (Å²) < 4.78 is 27.6. The molecule has 2 aliphatic heterocycles. The largest absolute Gasteiger partial charge is 0.365 e. The summed E-state index contributed by atoms with van der Waals surface area (Å²) in [6.07, 6.45) is 6.81. The number of rotatable bonds is 8. The molecule has 1 aromatic heterocycles. The number of nitrogens with zero attached hydrogens (tertiary/aromatic N) is 4. The third-order valence-electron chi connectivity index (χ3n) is 5.93. The molecule has 2 aliphatic rings. The van der Waals surface area contributed by atoms with Crippen molar-refractivity contribution in [1.29, 1.82) is 0 Å².